The Kier molecular flexibility index (Phi) is 3.06. The van der Waals surface area contributed by atoms with Gasteiger partial charge in [-0.25, -0.2) is 0 Å². The number of hydrogen-bond acceptors (Lipinski definition) is 2. The van der Waals surface area contributed by atoms with Gasteiger partial charge in [0.15, 0.2) is 0 Å². The van der Waals surface area contributed by atoms with Gasteiger partial charge in [-0.1, -0.05) is 24.1 Å². The maximum Gasteiger partial charge on any atom is 0.119 e. The zero-order valence-corrected chi connectivity index (χ0v) is 10.5. The summed E-state index contributed by atoms with van der Waals surface area (Å²) in [7, 11) is 0. The van der Waals surface area contributed by atoms with E-state index in [2.05, 4.69) is 36.5 Å². The van der Waals surface area contributed by atoms with Crippen LogP contribution >= 0.6 is 0 Å². The van der Waals surface area contributed by atoms with E-state index in [1.807, 2.05) is 0 Å². The molecule has 0 spiro atoms. The number of rotatable bonds is 2. The summed E-state index contributed by atoms with van der Waals surface area (Å²) in [6, 6.07) is 9.81. The predicted octanol–water partition coefficient (Wildman–Crippen LogP) is 3.05. The van der Waals surface area contributed by atoms with Gasteiger partial charge in [0.25, 0.3) is 0 Å². The average molecular weight is 231 g/mol. The molecule has 2 unspecified atom stereocenters. The summed E-state index contributed by atoms with van der Waals surface area (Å²) >= 11 is 0. The second-order valence-corrected chi connectivity index (χ2v) is 5.52. The minimum absolute atomic E-state index is 0.411. The van der Waals surface area contributed by atoms with Gasteiger partial charge >= 0.3 is 0 Å². The van der Waals surface area contributed by atoms with E-state index in [0.29, 0.717) is 18.2 Å². The van der Waals surface area contributed by atoms with Gasteiger partial charge in [0.1, 0.15) is 11.9 Å². The average Bonchev–Trinajstić information content (AvgIpc) is 2.32. The number of hydrogen-bond donors (Lipinski definition) is 1. The zero-order valence-electron chi connectivity index (χ0n) is 10.5. The van der Waals surface area contributed by atoms with Gasteiger partial charge < -0.3 is 10.1 Å². The lowest BCUT2D eigenvalue weighted by atomic mass is 9.85. The molecule has 1 aromatic carbocycles. The molecule has 2 aliphatic heterocycles. The number of aryl methyl sites for hydroxylation is 1. The Morgan fingerprint density at radius 1 is 1.06 bits per heavy atom. The van der Waals surface area contributed by atoms with Gasteiger partial charge in [-0.15, -0.1) is 0 Å². The maximum absolute atomic E-state index is 6.11. The van der Waals surface area contributed by atoms with E-state index in [4.69, 9.17) is 4.74 Å². The van der Waals surface area contributed by atoms with Gasteiger partial charge in [0.2, 0.25) is 0 Å². The van der Waals surface area contributed by atoms with Crippen LogP contribution in [0.1, 0.15) is 37.7 Å². The van der Waals surface area contributed by atoms with Crippen molar-refractivity contribution in [2.75, 3.05) is 0 Å². The summed E-state index contributed by atoms with van der Waals surface area (Å²) in [6.07, 6.45) is 6.79. The normalized spacial score (nSPS) is 32.2. The van der Waals surface area contributed by atoms with Crippen LogP contribution < -0.4 is 10.1 Å². The summed E-state index contributed by atoms with van der Waals surface area (Å²) < 4.78 is 6.11. The molecular formula is C15H21NO. The zero-order chi connectivity index (χ0) is 11.7. The van der Waals surface area contributed by atoms with Crippen molar-refractivity contribution in [3.05, 3.63) is 29.8 Å². The van der Waals surface area contributed by atoms with E-state index in [-0.39, 0.29) is 0 Å². The smallest absolute Gasteiger partial charge is 0.119 e. The Morgan fingerprint density at radius 2 is 1.71 bits per heavy atom. The molecule has 2 bridgehead atoms. The monoisotopic (exact) mass is 231 g/mol. The summed E-state index contributed by atoms with van der Waals surface area (Å²) in [5, 5.41) is 3.70. The quantitative estimate of drug-likeness (QED) is 0.844. The van der Waals surface area contributed by atoms with Crippen LogP contribution in [0.25, 0.3) is 0 Å². The first-order valence-electron chi connectivity index (χ1n) is 6.79. The first kappa shape index (κ1) is 11.1. The minimum atomic E-state index is 0.411. The third-order valence-electron chi connectivity index (χ3n) is 4.00. The molecule has 1 N–H and O–H groups in total. The Bertz CT molecular complexity index is 361. The Labute approximate surface area is 103 Å². The first-order valence-corrected chi connectivity index (χ1v) is 6.79. The highest BCUT2D eigenvalue weighted by Gasteiger charge is 2.32. The van der Waals surface area contributed by atoms with E-state index in [0.717, 1.165) is 5.75 Å². The summed E-state index contributed by atoms with van der Waals surface area (Å²) in [4.78, 5) is 0. The molecule has 2 heteroatoms. The highest BCUT2D eigenvalue weighted by molar-refractivity contribution is 5.26. The lowest BCUT2D eigenvalue weighted by Crippen LogP contribution is -2.51. The van der Waals surface area contributed by atoms with Gasteiger partial charge in [-0.05, 0) is 44.7 Å². The highest BCUT2D eigenvalue weighted by atomic mass is 16.5. The minimum Gasteiger partial charge on any atom is -0.490 e. The molecule has 2 nitrogen and oxygen atoms in total. The van der Waals surface area contributed by atoms with Crippen LogP contribution in [-0.2, 0) is 0 Å². The second-order valence-electron chi connectivity index (χ2n) is 5.52. The molecule has 0 saturated carbocycles. The maximum atomic E-state index is 6.11. The first-order chi connectivity index (χ1) is 8.29. The molecule has 2 fully saturated rings. The third kappa shape index (κ3) is 2.63. The number of benzene rings is 1. The number of fused-ring (bicyclic) bond motifs is 2. The fourth-order valence-corrected chi connectivity index (χ4v) is 3.12. The standard InChI is InChI=1S/C15H21NO/c1-11-5-7-14(8-6-11)17-15-9-12-3-2-4-13(10-15)16-12/h5-8,12-13,15-16H,2-4,9-10H2,1H3. The molecule has 3 rings (SSSR count). The molecule has 0 amide bonds. The predicted molar refractivity (Wildman–Crippen MR) is 69.4 cm³/mol. The van der Waals surface area contributed by atoms with Crippen LogP contribution in [0.3, 0.4) is 0 Å². The molecular weight excluding hydrogens is 210 g/mol. The SMILES string of the molecule is Cc1ccc(OC2CC3CCCC(C2)N3)cc1. The summed E-state index contributed by atoms with van der Waals surface area (Å²) in [6.45, 7) is 2.11. The van der Waals surface area contributed by atoms with Crippen LogP contribution in [-0.4, -0.2) is 18.2 Å². The van der Waals surface area contributed by atoms with Crippen molar-refractivity contribution in [3.63, 3.8) is 0 Å². The Balaban J connectivity index is 1.63. The van der Waals surface area contributed by atoms with Gasteiger partial charge in [-0.2, -0.15) is 0 Å². The Morgan fingerprint density at radius 3 is 2.35 bits per heavy atom. The van der Waals surface area contributed by atoms with Crippen LogP contribution in [0.2, 0.25) is 0 Å². The van der Waals surface area contributed by atoms with E-state index in [1.54, 1.807) is 0 Å². The molecule has 2 atom stereocenters. The van der Waals surface area contributed by atoms with E-state index >= 15 is 0 Å². The fourth-order valence-electron chi connectivity index (χ4n) is 3.12. The molecule has 0 aromatic heterocycles. The van der Waals surface area contributed by atoms with E-state index in [9.17, 15) is 0 Å². The van der Waals surface area contributed by atoms with Crippen molar-refractivity contribution in [1.29, 1.82) is 0 Å². The Hall–Kier alpha value is -1.02. The van der Waals surface area contributed by atoms with E-state index < -0.39 is 0 Å². The van der Waals surface area contributed by atoms with Crippen LogP contribution in [0.4, 0.5) is 0 Å². The summed E-state index contributed by atoms with van der Waals surface area (Å²) in [5.41, 5.74) is 1.29. The van der Waals surface area contributed by atoms with Crippen LogP contribution in [0.15, 0.2) is 24.3 Å². The molecule has 0 radical (unpaired) electrons. The lowest BCUT2D eigenvalue weighted by Gasteiger charge is -2.40. The van der Waals surface area contributed by atoms with Crippen molar-refractivity contribution in [1.82, 2.24) is 5.32 Å². The third-order valence-corrected chi connectivity index (χ3v) is 4.00. The number of nitrogens with one attached hydrogen (secondary N) is 1. The van der Waals surface area contributed by atoms with Crippen molar-refractivity contribution >= 4 is 0 Å². The van der Waals surface area contributed by atoms with Crippen molar-refractivity contribution in [3.8, 4) is 5.75 Å². The fraction of sp³-hybridized carbons (Fsp3) is 0.600. The van der Waals surface area contributed by atoms with Crippen LogP contribution in [0, 0.1) is 6.92 Å². The van der Waals surface area contributed by atoms with Crippen LogP contribution in [0.5, 0.6) is 5.75 Å². The topological polar surface area (TPSA) is 21.3 Å². The number of ether oxygens (including phenoxy) is 1. The molecule has 2 saturated heterocycles. The van der Waals surface area contributed by atoms with Gasteiger partial charge in [0, 0.05) is 12.1 Å². The lowest BCUT2D eigenvalue weighted by molar-refractivity contribution is 0.0927. The van der Waals surface area contributed by atoms with Crippen molar-refractivity contribution in [2.24, 2.45) is 0 Å². The second kappa shape index (κ2) is 4.69. The number of piperidine rings is 2. The highest BCUT2D eigenvalue weighted by Crippen LogP contribution is 2.28. The molecule has 17 heavy (non-hydrogen) atoms. The molecule has 2 heterocycles. The largest absolute Gasteiger partial charge is 0.490 e. The summed E-state index contributed by atoms with van der Waals surface area (Å²) in [5.74, 6) is 1.03. The molecule has 92 valence electrons. The molecule has 0 aliphatic carbocycles. The van der Waals surface area contributed by atoms with Gasteiger partial charge in [0.05, 0.1) is 0 Å². The van der Waals surface area contributed by atoms with Crippen molar-refractivity contribution in [2.45, 2.75) is 57.2 Å². The molecule has 2 aliphatic rings. The van der Waals surface area contributed by atoms with Gasteiger partial charge in [-0.3, -0.25) is 0 Å². The van der Waals surface area contributed by atoms with Crippen molar-refractivity contribution < 1.29 is 4.74 Å². The van der Waals surface area contributed by atoms with E-state index in [1.165, 1.54) is 37.7 Å². The molecule has 1 aromatic rings.